The number of carbonyl (C=O) groups is 2. The van der Waals surface area contributed by atoms with Crippen LogP contribution in [0.4, 0.5) is 0 Å². The molecule has 0 fully saturated rings. The molecule has 0 aliphatic rings. The van der Waals surface area contributed by atoms with Gasteiger partial charge in [-0.2, -0.15) is 0 Å². The summed E-state index contributed by atoms with van der Waals surface area (Å²) >= 11 is 4.47. The van der Waals surface area contributed by atoms with Gasteiger partial charge in [0.1, 0.15) is 0 Å². The van der Waals surface area contributed by atoms with Crippen molar-refractivity contribution in [1.82, 2.24) is 0 Å². The predicted octanol–water partition coefficient (Wildman–Crippen LogP) is 5.60. The summed E-state index contributed by atoms with van der Waals surface area (Å²) in [5.41, 5.74) is 3.66. The Labute approximate surface area is 153 Å². The van der Waals surface area contributed by atoms with Crippen LogP contribution in [0.1, 0.15) is 31.8 Å². The van der Waals surface area contributed by atoms with Crippen LogP contribution in [0.2, 0.25) is 8.94 Å². The predicted molar refractivity (Wildman–Crippen MR) is 104 cm³/mol. The van der Waals surface area contributed by atoms with Crippen LogP contribution in [-0.4, -0.2) is 25.3 Å². The van der Waals surface area contributed by atoms with Crippen LogP contribution in [0.15, 0.2) is 48.5 Å². The molecule has 0 aliphatic heterocycles. The van der Waals surface area contributed by atoms with Gasteiger partial charge in [0.05, 0.1) is 0 Å². The SMILES string of the molecule is Cc1ccc(C(=O)C[Te](Br)(Br)CC(=O)c2ccc(C)cc2)cc1. The molecule has 2 rings (SSSR count). The Kier molecular flexibility index (Phi) is 6.62. The average molecular weight is 554 g/mol. The summed E-state index contributed by atoms with van der Waals surface area (Å²) in [5.74, 6) is 0.160. The van der Waals surface area contributed by atoms with Crippen molar-refractivity contribution < 1.29 is 9.59 Å². The standard InChI is InChI=1S/C18H18Br2O2Te/c1-13-3-7-15(8-4-13)17(21)11-23(19,20)12-18(22)16-9-5-14(2)6-10-16/h3-10H,11-12H2,1-2H3. The molecule has 2 aromatic carbocycles. The number of halogens is 2. The second-order valence-electron chi connectivity index (χ2n) is 5.57. The molecule has 0 aromatic heterocycles. The molecule has 0 saturated heterocycles. The van der Waals surface area contributed by atoms with Crippen molar-refractivity contribution in [3.8, 4) is 0 Å². The first kappa shape index (κ1) is 18.9. The van der Waals surface area contributed by atoms with Gasteiger partial charge in [-0.15, -0.1) is 0 Å². The molecule has 0 atom stereocenters. The molecular formula is C18H18Br2O2Te. The van der Waals surface area contributed by atoms with Crippen molar-refractivity contribution in [3.63, 3.8) is 0 Å². The molecule has 2 aromatic rings. The quantitative estimate of drug-likeness (QED) is 0.345. The van der Waals surface area contributed by atoms with Crippen molar-refractivity contribution >= 4 is 50.8 Å². The van der Waals surface area contributed by atoms with E-state index in [-0.39, 0.29) is 11.6 Å². The minimum absolute atomic E-state index is 0.0802. The zero-order valence-electron chi connectivity index (χ0n) is 13.0. The topological polar surface area (TPSA) is 34.1 Å². The van der Waals surface area contributed by atoms with E-state index in [9.17, 15) is 9.59 Å². The summed E-state index contributed by atoms with van der Waals surface area (Å²) in [7, 11) is 0. The third-order valence-electron chi connectivity index (χ3n) is 3.43. The van der Waals surface area contributed by atoms with E-state index in [1.54, 1.807) is 0 Å². The second-order valence-corrected chi connectivity index (χ2v) is 33.7. The molecule has 5 heteroatoms. The summed E-state index contributed by atoms with van der Waals surface area (Å²) in [5, 5.41) is 0. The van der Waals surface area contributed by atoms with E-state index < -0.39 is 13.8 Å². The molecule has 0 unspecified atom stereocenters. The van der Waals surface area contributed by atoms with Crippen LogP contribution in [0, 0.1) is 13.8 Å². The van der Waals surface area contributed by atoms with Crippen LogP contribution >= 0.6 is 25.5 Å². The Bertz CT molecular complexity index is 645. The van der Waals surface area contributed by atoms with E-state index in [2.05, 4.69) is 25.5 Å². The van der Waals surface area contributed by atoms with E-state index >= 15 is 0 Å². The number of hydrogen-bond acceptors (Lipinski definition) is 2. The third-order valence-corrected chi connectivity index (χ3v) is 13.5. The summed E-state index contributed by atoms with van der Waals surface area (Å²) in [4.78, 5) is 24.8. The number of hydrogen-bond donors (Lipinski definition) is 0. The first-order chi connectivity index (χ1) is 10.8. The third kappa shape index (κ3) is 5.83. The number of aryl methyl sites for hydroxylation is 2. The zero-order chi connectivity index (χ0) is 17.0. The molecule has 0 aliphatic carbocycles. The van der Waals surface area contributed by atoms with Crippen molar-refractivity contribution in [2.45, 2.75) is 22.8 Å². The number of rotatable bonds is 6. The molecule has 23 heavy (non-hydrogen) atoms. The van der Waals surface area contributed by atoms with Gasteiger partial charge in [-0.1, -0.05) is 0 Å². The van der Waals surface area contributed by atoms with Crippen molar-refractivity contribution in [2.24, 2.45) is 0 Å². The van der Waals surface area contributed by atoms with E-state index in [0.717, 1.165) is 11.1 Å². The normalized spacial score (nSPS) is 12.0. The second kappa shape index (κ2) is 8.07. The summed E-state index contributed by atoms with van der Waals surface area (Å²) < 4.78 is 0.784. The van der Waals surface area contributed by atoms with E-state index in [4.69, 9.17) is 0 Å². The van der Waals surface area contributed by atoms with Crippen molar-refractivity contribution in [1.29, 1.82) is 0 Å². The Morgan fingerprint density at radius 1 is 0.739 bits per heavy atom. The van der Waals surface area contributed by atoms with Gasteiger partial charge in [-0.05, 0) is 0 Å². The fourth-order valence-corrected chi connectivity index (χ4v) is 11.1. The maximum absolute atomic E-state index is 12.4. The van der Waals surface area contributed by atoms with Crippen LogP contribution in [0.5, 0.6) is 0 Å². The van der Waals surface area contributed by atoms with Gasteiger partial charge < -0.3 is 0 Å². The van der Waals surface area contributed by atoms with Crippen molar-refractivity contribution in [2.75, 3.05) is 0 Å². The van der Waals surface area contributed by atoms with E-state index in [1.165, 1.54) is 0 Å². The Morgan fingerprint density at radius 3 is 1.35 bits per heavy atom. The number of ketones is 2. The van der Waals surface area contributed by atoms with Gasteiger partial charge in [-0.3, -0.25) is 0 Å². The van der Waals surface area contributed by atoms with Gasteiger partial charge in [0.15, 0.2) is 0 Å². The number of benzene rings is 2. The molecule has 0 radical (unpaired) electrons. The molecular weight excluding hydrogens is 536 g/mol. The molecule has 0 bridgehead atoms. The first-order valence-electron chi connectivity index (χ1n) is 7.14. The van der Waals surface area contributed by atoms with Gasteiger partial charge in [0.2, 0.25) is 0 Å². The zero-order valence-corrected chi connectivity index (χ0v) is 18.5. The van der Waals surface area contributed by atoms with Crippen LogP contribution in [-0.2, 0) is 0 Å². The van der Waals surface area contributed by atoms with Gasteiger partial charge in [0.25, 0.3) is 0 Å². The minimum atomic E-state index is -2.87. The van der Waals surface area contributed by atoms with E-state index in [1.807, 2.05) is 62.4 Å². The Morgan fingerprint density at radius 2 is 1.04 bits per heavy atom. The number of carbonyl (C=O) groups excluding carboxylic acids is 2. The molecule has 0 saturated carbocycles. The molecule has 0 N–H and O–H groups in total. The summed E-state index contributed by atoms with van der Waals surface area (Å²) in [6, 6.07) is 15.1. The Hall–Kier alpha value is -0.470. The van der Waals surface area contributed by atoms with Crippen LogP contribution in [0.25, 0.3) is 0 Å². The van der Waals surface area contributed by atoms with Gasteiger partial charge >= 0.3 is 154 Å². The summed E-state index contributed by atoms with van der Waals surface area (Å²) in [6.45, 7) is 3.98. The fourth-order valence-electron chi connectivity index (χ4n) is 2.08. The van der Waals surface area contributed by atoms with Crippen LogP contribution in [0.3, 0.4) is 0 Å². The van der Waals surface area contributed by atoms with Gasteiger partial charge in [0, 0.05) is 0 Å². The van der Waals surface area contributed by atoms with Crippen molar-refractivity contribution in [3.05, 3.63) is 70.8 Å². The molecule has 2 nitrogen and oxygen atoms in total. The van der Waals surface area contributed by atoms with Gasteiger partial charge in [-0.25, -0.2) is 0 Å². The van der Waals surface area contributed by atoms with Crippen LogP contribution < -0.4 is 0 Å². The molecule has 0 spiro atoms. The Balaban J connectivity index is 2.03. The number of Topliss-reactive ketones (excluding diaryl/α,β-unsaturated/α-hetero) is 2. The fraction of sp³-hybridized carbons (Fsp3) is 0.222. The van der Waals surface area contributed by atoms with E-state index in [0.29, 0.717) is 20.1 Å². The molecule has 0 heterocycles. The monoisotopic (exact) mass is 554 g/mol. The first-order valence-corrected chi connectivity index (χ1v) is 20.9. The molecule has 122 valence electrons. The average Bonchev–Trinajstić information content (AvgIpc) is 2.47. The summed E-state index contributed by atoms with van der Waals surface area (Å²) in [6.07, 6.45) is 0. The molecule has 0 amide bonds. The maximum atomic E-state index is 12.4.